The summed E-state index contributed by atoms with van der Waals surface area (Å²) in [5.74, 6) is 0.863. The van der Waals surface area contributed by atoms with Crippen molar-refractivity contribution in [3.63, 3.8) is 0 Å². The highest BCUT2D eigenvalue weighted by Gasteiger charge is 2.30. The van der Waals surface area contributed by atoms with E-state index in [4.69, 9.17) is 0 Å². The van der Waals surface area contributed by atoms with Gasteiger partial charge in [-0.1, -0.05) is 55.9 Å². The highest BCUT2D eigenvalue weighted by Crippen LogP contribution is 2.39. The van der Waals surface area contributed by atoms with Crippen molar-refractivity contribution in [2.45, 2.75) is 50.9 Å². The Morgan fingerprint density at radius 3 is 2.60 bits per heavy atom. The van der Waals surface area contributed by atoms with Crippen LogP contribution in [-0.4, -0.2) is 8.07 Å². The zero-order chi connectivity index (χ0) is 10.9. The maximum absolute atomic E-state index is 2.55. The molecule has 1 aliphatic rings. The third kappa shape index (κ3) is 2.51. The Balaban J connectivity index is 2.21. The average Bonchev–Trinajstić information content (AvgIpc) is 2.17. The molecule has 0 radical (unpaired) electrons. The smallest absolute Gasteiger partial charge is 0.0479 e. The first kappa shape index (κ1) is 10.9. The van der Waals surface area contributed by atoms with Crippen LogP contribution in [0, 0.1) is 6.92 Å². The fourth-order valence-corrected chi connectivity index (χ4v) is 6.13. The molecule has 15 heavy (non-hydrogen) atoms. The van der Waals surface area contributed by atoms with E-state index in [0.29, 0.717) is 0 Å². The molecule has 0 saturated carbocycles. The quantitative estimate of drug-likeness (QED) is 0.605. The molecular formula is C14H22Si. The molecule has 0 amide bonds. The Labute approximate surface area is 94.7 Å². The Bertz CT molecular complexity index is 341. The Morgan fingerprint density at radius 1 is 1.20 bits per heavy atom. The number of hydrogen-bond acceptors (Lipinski definition) is 0. The van der Waals surface area contributed by atoms with Gasteiger partial charge in [-0.15, -0.1) is 0 Å². The highest BCUT2D eigenvalue weighted by atomic mass is 28.3. The molecule has 82 valence electrons. The van der Waals surface area contributed by atoms with Crippen LogP contribution in [0.25, 0.3) is 0 Å². The molecule has 0 spiro atoms. The van der Waals surface area contributed by atoms with E-state index in [2.05, 4.69) is 44.3 Å². The van der Waals surface area contributed by atoms with Gasteiger partial charge in [0.1, 0.15) is 0 Å². The van der Waals surface area contributed by atoms with Gasteiger partial charge >= 0.3 is 0 Å². The predicted molar refractivity (Wildman–Crippen MR) is 70.3 cm³/mol. The number of hydrogen-bond donors (Lipinski definition) is 0. The summed E-state index contributed by atoms with van der Waals surface area (Å²) in [6.45, 7) is 7.37. The molecule has 1 aromatic rings. The van der Waals surface area contributed by atoms with E-state index < -0.39 is 8.07 Å². The third-order valence-electron chi connectivity index (χ3n) is 3.83. The summed E-state index contributed by atoms with van der Waals surface area (Å²) in [6, 6.07) is 12.0. The molecule has 0 aliphatic carbocycles. The van der Waals surface area contributed by atoms with Gasteiger partial charge in [-0.3, -0.25) is 0 Å². The van der Waals surface area contributed by atoms with Crippen molar-refractivity contribution in [2.24, 2.45) is 0 Å². The van der Waals surface area contributed by atoms with Gasteiger partial charge in [0.25, 0.3) is 0 Å². The van der Waals surface area contributed by atoms with Crippen LogP contribution < -0.4 is 0 Å². The standard InChI is InChI=1S/C14H22Si/c1-12-7-4-5-9-14(12)13-8-6-10-15(2,3)11-13/h4-5,7,9,13H,6,8,10-11H2,1-3H3. The molecular weight excluding hydrogens is 196 g/mol. The van der Waals surface area contributed by atoms with Crippen molar-refractivity contribution in [1.82, 2.24) is 0 Å². The lowest BCUT2D eigenvalue weighted by Crippen LogP contribution is -2.31. The average molecular weight is 218 g/mol. The van der Waals surface area contributed by atoms with E-state index in [-0.39, 0.29) is 0 Å². The SMILES string of the molecule is Cc1ccccc1C1CCC[Si](C)(C)C1. The van der Waals surface area contributed by atoms with Crippen LogP contribution in [0.1, 0.15) is 29.9 Å². The van der Waals surface area contributed by atoms with E-state index >= 15 is 0 Å². The Kier molecular flexibility index (Phi) is 3.01. The lowest BCUT2D eigenvalue weighted by atomic mass is 9.92. The first-order chi connectivity index (χ1) is 7.08. The molecule has 1 atom stereocenters. The van der Waals surface area contributed by atoms with Gasteiger partial charge in [0, 0.05) is 8.07 Å². The van der Waals surface area contributed by atoms with Crippen LogP contribution in [0.2, 0.25) is 25.2 Å². The van der Waals surface area contributed by atoms with Gasteiger partial charge in [-0.25, -0.2) is 0 Å². The van der Waals surface area contributed by atoms with Gasteiger partial charge in [-0.2, -0.15) is 0 Å². The minimum atomic E-state index is -0.859. The number of rotatable bonds is 1. The van der Waals surface area contributed by atoms with Crippen LogP contribution in [0.15, 0.2) is 24.3 Å². The van der Waals surface area contributed by atoms with Crippen LogP contribution >= 0.6 is 0 Å². The summed E-state index contributed by atoms with van der Waals surface area (Å²) in [7, 11) is -0.859. The number of aryl methyl sites for hydroxylation is 1. The fourth-order valence-electron chi connectivity index (χ4n) is 3.01. The zero-order valence-electron chi connectivity index (χ0n) is 10.2. The summed E-state index contributed by atoms with van der Waals surface area (Å²) >= 11 is 0. The van der Waals surface area contributed by atoms with Crippen molar-refractivity contribution >= 4 is 8.07 Å². The molecule has 1 saturated heterocycles. The summed E-state index contributed by atoms with van der Waals surface area (Å²) < 4.78 is 0. The minimum Gasteiger partial charge on any atom is -0.0693 e. The maximum atomic E-state index is 2.55. The second kappa shape index (κ2) is 4.13. The lowest BCUT2D eigenvalue weighted by molar-refractivity contribution is 0.616. The summed E-state index contributed by atoms with van der Waals surface area (Å²) in [5.41, 5.74) is 3.12. The molecule has 1 aliphatic heterocycles. The van der Waals surface area contributed by atoms with E-state index in [1.165, 1.54) is 30.5 Å². The molecule has 0 bridgehead atoms. The second-order valence-electron chi connectivity index (χ2n) is 5.81. The maximum Gasteiger partial charge on any atom is 0.0479 e. The van der Waals surface area contributed by atoms with Crippen molar-refractivity contribution in [1.29, 1.82) is 0 Å². The van der Waals surface area contributed by atoms with Crippen LogP contribution in [0.4, 0.5) is 0 Å². The van der Waals surface area contributed by atoms with Crippen molar-refractivity contribution in [2.75, 3.05) is 0 Å². The molecule has 1 fully saturated rings. The molecule has 1 heterocycles. The topological polar surface area (TPSA) is 0 Å². The van der Waals surface area contributed by atoms with E-state index in [1.807, 2.05) is 0 Å². The van der Waals surface area contributed by atoms with E-state index in [0.717, 1.165) is 5.92 Å². The fraction of sp³-hybridized carbons (Fsp3) is 0.571. The summed E-state index contributed by atoms with van der Waals surface area (Å²) in [4.78, 5) is 0. The van der Waals surface area contributed by atoms with Gasteiger partial charge in [0.2, 0.25) is 0 Å². The molecule has 1 heteroatoms. The monoisotopic (exact) mass is 218 g/mol. The summed E-state index contributed by atoms with van der Waals surface area (Å²) in [5, 5.41) is 0. The third-order valence-corrected chi connectivity index (χ3v) is 7.14. The first-order valence-corrected chi connectivity index (χ1v) is 9.55. The minimum absolute atomic E-state index is 0.859. The van der Waals surface area contributed by atoms with Gasteiger partial charge in [0.05, 0.1) is 0 Å². The number of benzene rings is 1. The molecule has 1 unspecified atom stereocenters. The molecule has 2 rings (SSSR count). The molecule has 1 aromatic carbocycles. The molecule has 0 aromatic heterocycles. The van der Waals surface area contributed by atoms with Gasteiger partial charge in [-0.05, 0) is 30.4 Å². The summed E-state index contributed by atoms with van der Waals surface area (Å²) in [6.07, 6.45) is 2.87. The largest absolute Gasteiger partial charge is 0.0693 e. The van der Waals surface area contributed by atoms with Crippen molar-refractivity contribution in [3.05, 3.63) is 35.4 Å². The van der Waals surface area contributed by atoms with Crippen LogP contribution in [0.5, 0.6) is 0 Å². The van der Waals surface area contributed by atoms with Crippen molar-refractivity contribution < 1.29 is 0 Å². The normalized spacial score (nSPS) is 25.1. The van der Waals surface area contributed by atoms with Crippen LogP contribution in [-0.2, 0) is 0 Å². The molecule has 0 N–H and O–H groups in total. The second-order valence-corrected chi connectivity index (χ2v) is 11.1. The predicted octanol–water partition coefficient (Wildman–Crippen LogP) is 4.58. The first-order valence-electron chi connectivity index (χ1n) is 6.14. The Morgan fingerprint density at radius 2 is 1.93 bits per heavy atom. The zero-order valence-corrected chi connectivity index (χ0v) is 11.2. The van der Waals surface area contributed by atoms with E-state index in [9.17, 15) is 0 Å². The van der Waals surface area contributed by atoms with E-state index in [1.54, 1.807) is 5.56 Å². The van der Waals surface area contributed by atoms with Crippen LogP contribution in [0.3, 0.4) is 0 Å². The van der Waals surface area contributed by atoms with Gasteiger partial charge < -0.3 is 0 Å². The molecule has 0 nitrogen and oxygen atoms in total. The Hall–Kier alpha value is -0.563. The lowest BCUT2D eigenvalue weighted by Gasteiger charge is -2.34. The van der Waals surface area contributed by atoms with Gasteiger partial charge in [0.15, 0.2) is 0 Å². The van der Waals surface area contributed by atoms with Crippen molar-refractivity contribution in [3.8, 4) is 0 Å². The highest BCUT2D eigenvalue weighted by molar-refractivity contribution is 6.77.